The number of piperidine rings is 1. The summed E-state index contributed by atoms with van der Waals surface area (Å²) in [7, 11) is 0. The average Bonchev–Trinajstić information content (AvgIpc) is 3.24. The van der Waals surface area contributed by atoms with Crippen LogP contribution in [-0.4, -0.2) is 51.9 Å². The lowest BCUT2D eigenvalue weighted by Gasteiger charge is -2.33. The van der Waals surface area contributed by atoms with Crippen LogP contribution in [0.5, 0.6) is 0 Å². The molecule has 1 aromatic carbocycles. The van der Waals surface area contributed by atoms with Gasteiger partial charge < -0.3 is 10.2 Å². The Morgan fingerprint density at radius 2 is 2.00 bits per heavy atom. The summed E-state index contributed by atoms with van der Waals surface area (Å²) in [6.45, 7) is 8.73. The molecule has 2 heterocycles. The fourth-order valence-electron chi connectivity index (χ4n) is 4.28. The normalized spacial score (nSPS) is 22.9. The molecule has 2 amide bonds. The minimum absolute atomic E-state index is 0.0264. The van der Waals surface area contributed by atoms with Crippen LogP contribution in [0, 0.1) is 0 Å². The number of carbonyl (C=O) groups excluding carboxylic acids is 2. The van der Waals surface area contributed by atoms with Crippen molar-refractivity contribution in [2.24, 2.45) is 0 Å². The molecule has 1 aromatic rings. The molecule has 0 aromatic heterocycles. The number of thioether (sulfide) groups is 1. The Labute approximate surface area is 185 Å². The summed E-state index contributed by atoms with van der Waals surface area (Å²) >= 11 is 1.64. The van der Waals surface area contributed by atoms with Gasteiger partial charge in [0.15, 0.2) is 0 Å². The summed E-state index contributed by atoms with van der Waals surface area (Å²) in [5, 5.41) is 3.10. The number of likely N-dealkylation sites (tertiary alicyclic amines) is 1. The first kappa shape index (κ1) is 22.9. The van der Waals surface area contributed by atoms with E-state index in [9.17, 15) is 9.59 Å². The molecule has 0 spiro atoms. The third-order valence-electron chi connectivity index (χ3n) is 6.18. The molecule has 2 atom stereocenters. The van der Waals surface area contributed by atoms with E-state index in [0.717, 1.165) is 30.6 Å². The summed E-state index contributed by atoms with van der Waals surface area (Å²) in [5.74, 6) is 1.15. The van der Waals surface area contributed by atoms with E-state index in [1.807, 2.05) is 26.0 Å². The summed E-state index contributed by atoms with van der Waals surface area (Å²) in [6.07, 6.45) is 6.59. The molecule has 6 heteroatoms. The van der Waals surface area contributed by atoms with Crippen molar-refractivity contribution in [3.8, 4) is 0 Å². The zero-order valence-corrected chi connectivity index (χ0v) is 19.3. The Hall–Kier alpha value is -1.79. The van der Waals surface area contributed by atoms with Gasteiger partial charge in [0.25, 0.3) is 5.91 Å². The third-order valence-corrected chi connectivity index (χ3v) is 7.19. The van der Waals surface area contributed by atoms with Crippen molar-refractivity contribution in [2.45, 2.75) is 71.6 Å². The molecular weight excluding hydrogens is 394 g/mol. The van der Waals surface area contributed by atoms with Crippen molar-refractivity contribution in [2.75, 3.05) is 18.2 Å². The van der Waals surface area contributed by atoms with Gasteiger partial charge in [0.05, 0.1) is 5.88 Å². The molecule has 164 valence electrons. The Balaban J connectivity index is 1.62. The molecule has 2 saturated heterocycles. The maximum Gasteiger partial charge on any atom is 0.250 e. The zero-order valence-electron chi connectivity index (χ0n) is 18.5. The van der Waals surface area contributed by atoms with Crippen molar-refractivity contribution in [3.63, 3.8) is 0 Å². The molecule has 2 aliphatic heterocycles. The maximum absolute atomic E-state index is 12.9. The van der Waals surface area contributed by atoms with Crippen molar-refractivity contribution < 1.29 is 9.59 Å². The molecule has 30 heavy (non-hydrogen) atoms. The maximum atomic E-state index is 12.9. The van der Waals surface area contributed by atoms with Crippen molar-refractivity contribution in [1.29, 1.82) is 0 Å². The number of rotatable bonds is 7. The standard InChI is InChI=1S/C24H35N3O2S/c1-4-9-18(2)24(29)27-17-30-16-22(27)23(28)25-14-20-11-5-6-12-21(20)15-26-13-8-7-10-19(26)3/h5-6,9,11-12,19,22H,4,7-8,10,13-17H2,1-3H3,(H,25,28)/b18-9-. The van der Waals surface area contributed by atoms with Gasteiger partial charge in [-0.15, -0.1) is 11.8 Å². The molecule has 2 fully saturated rings. The van der Waals surface area contributed by atoms with E-state index in [4.69, 9.17) is 0 Å². The second-order valence-corrected chi connectivity index (χ2v) is 9.39. The van der Waals surface area contributed by atoms with Crippen LogP contribution in [0.1, 0.15) is 57.6 Å². The molecular formula is C24H35N3O2S. The Bertz CT molecular complexity index is 779. The lowest BCUT2D eigenvalue weighted by molar-refractivity contribution is -0.135. The van der Waals surface area contributed by atoms with Gasteiger partial charge in [-0.3, -0.25) is 14.5 Å². The largest absolute Gasteiger partial charge is 0.350 e. The van der Waals surface area contributed by atoms with Gasteiger partial charge in [-0.2, -0.15) is 0 Å². The van der Waals surface area contributed by atoms with E-state index < -0.39 is 6.04 Å². The first-order valence-electron chi connectivity index (χ1n) is 11.1. The van der Waals surface area contributed by atoms with Crippen LogP contribution in [0.25, 0.3) is 0 Å². The molecule has 0 saturated carbocycles. The molecule has 3 rings (SSSR count). The number of benzene rings is 1. The van der Waals surface area contributed by atoms with E-state index in [-0.39, 0.29) is 11.8 Å². The average molecular weight is 430 g/mol. The molecule has 2 unspecified atom stereocenters. The first-order valence-corrected chi connectivity index (χ1v) is 12.3. The SMILES string of the molecule is CC/C=C(/C)C(=O)N1CSCC1C(=O)NCc1ccccc1CN1CCCCC1C. The van der Waals surface area contributed by atoms with Crippen LogP contribution in [0.4, 0.5) is 0 Å². The highest BCUT2D eigenvalue weighted by molar-refractivity contribution is 7.99. The van der Waals surface area contributed by atoms with Gasteiger partial charge in [-0.05, 0) is 50.8 Å². The quantitative estimate of drug-likeness (QED) is 0.667. The van der Waals surface area contributed by atoms with Crippen molar-refractivity contribution in [1.82, 2.24) is 15.1 Å². The monoisotopic (exact) mass is 429 g/mol. The van der Waals surface area contributed by atoms with Gasteiger partial charge in [-0.25, -0.2) is 0 Å². The fraction of sp³-hybridized carbons (Fsp3) is 0.583. The Morgan fingerprint density at radius 1 is 1.23 bits per heavy atom. The first-order chi connectivity index (χ1) is 14.5. The van der Waals surface area contributed by atoms with E-state index in [1.54, 1.807) is 16.7 Å². The zero-order chi connectivity index (χ0) is 21.5. The van der Waals surface area contributed by atoms with E-state index >= 15 is 0 Å². The summed E-state index contributed by atoms with van der Waals surface area (Å²) in [4.78, 5) is 29.9. The minimum atomic E-state index is -0.392. The van der Waals surface area contributed by atoms with Crippen LogP contribution >= 0.6 is 11.8 Å². The highest BCUT2D eigenvalue weighted by Crippen LogP contribution is 2.24. The highest BCUT2D eigenvalue weighted by atomic mass is 32.2. The molecule has 2 aliphatic rings. The molecule has 5 nitrogen and oxygen atoms in total. The summed E-state index contributed by atoms with van der Waals surface area (Å²) < 4.78 is 0. The van der Waals surface area contributed by atoms with E-state index in [0.29, 0.717) is 24.2 Å². The number of nitrogens with one attached hydrogen (secondary N) is 1. The van der Waals surface area contributed by atoms with Gasteiger partial charge in [0.2, 0.25) is 5.91 Å². The number of hydrogen-bond acceptors (Lipinski definition) is 4. The lowest BCUT2D eigenvalue weighted by Crippen LogP contribution is -2.47. The molecule has 1 N–H and O–H groups in total. The van der Waals surface area contributed by atoms with Gasteiger partial charge in [0, 0.05) is 30.5 Å². The molecule has 0 radical (unpaired) electrons. The topological polar surface area (TPSA) is 52.7 Å². The van der Waals surface area contributed by atoms with Crippen LogP contribution in [-0.2, 0) is 22.7 Å². The number of allylic oxidation sites excluding steroid dienone is 1. The predicted molar refractivity (Wildman–Crippen MR) is 124 cm³/mol. The second-order valence-electron chi connectivity index (χ2n) is 8.39. The molecule has 0 aliphatic carbocycles. The Morgan fingerprint density at radius 3 is 2.73 bits per heavy atom. The number of nitrogens with zero attached hydrogens (tertiary/aromatic N) is 2. The number of hydrogen-bond donors (Lipinski definition) is 1. The van der Waals surface area contributed by atoms with E-state index in [1.165, 1.54) is 24.8 Å². The van der Waals surface area contributed by atoms with Gasteiger partial charge >= 0.3 is 0 Å². The van der Waals surface area contributed by atoms with Gasteiger partial charge in [0.1, 0.15) is 6.04 Å². The van der Waals surface area contributed by atoms with Crippen molar-refractivity contribution in [3.05, 3.63) is 47.0 Å². The van der Waals surface area contributed by atoms with Crippen LogP contribution in [0.3, 0.4) is 0 Å². The van der Waals surface area contributed by atoms with Crippen molar-refractivity contribution >= 4 is 23.6 Å². The summed E-state index contributed by atoms with van der Waals surface area (Å²) in [5.41, 5.74) is 3.16. The number of amides is 2. The Kier molecular flexibility index (Phi) is 8.40. The fourth-order valence-corrected chi connectivity index (χ4v) is 5.43. The molecule has 0 bridgehead atoms. The van der Waals surface area contributed by atoms with E-state index in [2.05, 4.69) is 35.3 Å². The summed E-state index contributed by atoms with van der Waals surface area (Å²) in [6, 6.07) is 8.60. The van der Waals surface area contributed by atoms with Crippen LogP contribution in [0.2, 0.25) is 0 Å². The smallest absolute Gasteiger partial charge is 0.250 e. The predicted octanol–water partition coefficient (Wildman–Crippen LogP) is 3.94. The van der Waals surface area contributed by atoms with Gasteiger partial charge in [-0.1, -0.05) is 43.7 Å². The highest BCUT2D eigenvalue weighted by Gasteiger charge is 2.34. The minimum Gasteiger partial charge on any atom is -0.350 e. The second kappa shape index (κ2) is 11.0. The van der Waals surface area contributed by atoms with Crippen LogP contribution in [0.15, 0.2) is 35.9 Å². The lowest BCUT2D eigenvalue weighted by atomic mass is 10.0. The van der Waals surface area contributed by atoms with Crippen LogP contribution < -0.4 is 5.32 Å². The number of carbonyl (C=O) groups is 2. The third kappa shape index (κ3) is 5.67.